The third kappa shape index (κ3) is 39.3. The third-order valence-electron chi connectivity index (χ3n) is 11.4. The quantitative estimate of drug-likeness (QED) is 0.0419. The van der Waals surface area contributed by atoms with Gasteiger partial charge in [-0.05, 0) is 88.3 Å². The molecule has 0 aliphatic rings. The van der Waals surface area contributed by atoms with Gasteiger partial charge in [-0.15, -0.1) is 0 Å². The van der Waals surface area contributed by atoms with Crippen molar-refractivity contribution in [2.75, 3.05) is 72.9 Å². The molecular weight excluding hydrogens is 947 g/mol. The Morgan fingerprint density at radius 2 is 1.19 bits per heavy atom. The first kappa shape index (κ1) is 68.8. The highest BCUT2D eigenvalue weighted by atomic mass is 16.5. The van der Waals surface area contributed by atoms with Gasteiger partial charge in [0.15, 0.2) is 17.3 Å². The highest BCUT2D eigenvalue weighted by Gasteiger charge is 2.28. The summed E-state index contributed by atoms with van der Waals surface area (Å²) >= 11 is 0. The van der Waals surface area contributed by atoms with Crippen LogP contribution in [0.4, 0.5) is 0 Å². The Hall–Kier alpha value is -5.20. The Balaban J connectivity index is 0.00000125. The first-order chi connectivity index (χ1) is 35.6. The maximum absolute atomic E-state index is 13.3. The lowest BCUT2D eigenvalue weighted by Crippen LogP contribution is -2.46. The number of aliphatic hydroxyl groups is 1. The van der Waals surface area contributed by atoms with Crippen LogP contribution in [0.5, 0.6) is 0 Å². The van der Waals surface area contributed by atoms with Crippen molar-refractivity contribution in [3.8, 4) is 0 Å². The lowest BCUT2D eigenvalue weighted by molar-refractivity contribution is -0.133. The number of hydrogen-bond acceptors (Lipinski definition) is 13. The summed E-state index contributed by atoms with van der Waals surface area (Å²) in [5, 5.41) is 19.6. The second-order valence-corrected chi connectivity index (χ2v) is 18.8. The van der Waals surface area contributed by atoms with Gasteiger partial charge in [0.2, 0.25) is 23.6 Å². The van der Waals surface area contributed by atoms with Crippen molar-refractivity contribution >= 4 is 46.8 Å². The minimum Gasteiger partial charge on any atom is -0.396 e. The molecule has 0 spiro atoms. The lowest BCUT2D eigenvalue weighted by atomic mass is 9.91. The Labute approximate surface area is 442 Å². The summed E-state index contributed by atoms with van der Waals surface area (Å²) in [6, 6.07) is 18.2. The van der Waals surface area contributed by atoms with E-state index in [1.165, 1.54) is 6.92 Å². The predicted molar refractivity (Wildman–Crippen MR) is 289 cm³/mol. The number of ketones is 4. The van der Waals surface area contributed by atoms with E-state index >= 15 is 0 Å². The van der Waals surface area contributed by atoms with E-state index < -0.39 is 17.9 Å². The summed E-state index contributed by atoms with van der Waals surface area (Å²) in [4.78, 5) is 98.4. The predicted octanol–water partition coefficient (Wildman–Crippen LogP) is 5.98. The van der Waals surface area contributed by atoms with Crippen LogP contribution in [0.3, 0.4) is 0 Å². The van der Waals surface area contributed by atoms with E-state index in [0.717, 1.165) is 69.1 Å². The van der Waals surface area contributed by atoms with Gasteiger partial charge in [0, 0.05) is 90.4 Å². The molecule has 0 radical (unpaired) electrons. The number of unbranched alkanes of at least 4 members (excludes halogenated alkanes) is 4. The van der Waals surface area contributed by atoms with Gasteiger partial charge < -0.3 is 51.1 Å². The van der Waals surface area contributed by atoms with E-state index in [2.05, 4.69) is 21.3 Å². The normalized spacial score (nSPS) is 11.9. The molecule has 2 aromatic rings. The average Bonchev–Trinajstić information content (AvgIpc) is 3.38. The van der Waals surface area contributed by atoms with Crippen LogP contribution in [-0.4, -0.2) is 131 Å². The Kier molecular flexibility index (Phi) is 43.1. The molecular formula is C57H93N5O12. The van der Waals surface area contributed by atoms with Crippen LogP contribution in [0.25, 0.3) is 0 Å². The fourth-order valence-corrected chi connectivity index (χ4v) is 7.23. The first-order valence-corrected chi connectivity index (χ1v) is 26.8. The molecule has 74 heavy (non-hydrogen) atoms. The Morgan fingerprint density at radius 1 is 0.608 bits per heavy atom. The molecule has 2 aromatic carbocycles. The van der Waals surface area contributed by atoms with Gasteiger partial charge in [0.05, 0.1) is 32.3 Å². The van der Waals surface area contributed by atoms with Crippen LogP contribution in [-0.2, 0) is 65.4 Å². The second-order valence-electron chi connectivity index (χ2n) is 18.8. The summed E-state index contributed by atoms with van der Waals surface area (Å²) in [5.74, 6) is -2.48. The highest BCUT2D eigenvalue weighted by Crippen LogP contribution is 2.17. The number of carbonyl (C=O) groups excluding carboxylic acids is 8. The average molecular weight is 1040 g/mol. The number of hydrogen-bond donors (Lipinski definition) is 6. The van der Waals surface area contributed by atoms with Crippen LogP contribution < -0.4 is 27.0 Å². The molecule has 4 amide bonds. The van der Waals surface area contributed by atoms with Crippen LogP contribution in [0.15, 0.2) is 60.7 Å². The maximum atomic E-state index is 13.3. The smallest absolute Gasteiger partial charge is 0.224 e. The zero-order valence-corrected chi connectivity index (χ0v) is 45.7. The number of aliphatic hydroxyl groups excluding tert-OH is 1. The van der Waals surface area contributed by atoms with Gasteiger partial charge >= 0.3 is 0 Å². The molecule has 0 aliphatic heterocycles. The third-order valence-corrected chi connectivity index (χ3v) is 11.4. The number of rotatable bonds is 41. The van der Waals surface area contributed by atoms with Crippen LogP contribution in [0.1, 0.15) is 142 Å². The van der Waals surface area contributed by atoms with Crippen molar-refractivity contribution in [3.05, 3.63) is 71.8 Å². The number of carbonyl (C=O) groups is 8. The molecule has 0 saturated heterocycles. The monoisotopic (exact) mass is 1040 g/mol. The molecule has 17 heteroatoms. The van der Waals surface area contributed by atoms with Gasteiger partial charge in [0.25, 0.3) is 0 Å². The molecule has 3 atom stereocenters. The number of benzene rings is 2. The molecule has 0 heterocycles. The van der Waals surface area contributed by atoms with Crippen molar-refractivity contribution in [1.82, 2.24) is 21.3 Å². The van der Waals surface area contributed by atoms with Crippen LogP contribution >= 0.6 is 0 Å². The van der Waals surface area contributed by atoms with E-state index in [1.54, 1.807) is 14.0 Å². The topological polar surface area (TPSA) is 259 Å². The minimum atomic E-state index is -0.728. The minimum absolute atomic E-state index is 0.00324. The zero-order valence-electron chi connectivity index (χ0n) is 45.7. The van der Waals surface area contributed by atoms with Gasteiger partial charge in [-0.3, -0.25) is 33.6 Å². The molecule has 0 fully saturated rings. The first-order valence-electron chi connectivity index (χ1n) is 26.8. The molecule has 0 aromatic heterocycles. The van der Waals surface area contributed by atoms with Crippen LogP contribution in [0, 0.1) is 17.8 Å². The van der Waals surface area contributed by atoms with Crippen molar-refractivity contribution in [2.45, 2.75) is 150 Å². The molecule has 3 unspecified atom stereocenters. The summed E-state index contributed by atoms with van der Waals surface area (Å²) in [6.07, 6.45) is 9.21. The number of Topliss-reactive ketones (excluding diaryl/α,β-unsaturated/α-hetero) is 4. The molecule has 0 saturated carbocycles. The van der Waals surface area contributed by atoms with E-state index in [9.17, 15) is 38.4 Å². The van der Waals surface area contributed by atoms with E-state index in [1.807, 2.05) is 81.4 Å². The fraction of sp³-hybridized carbons (Fsp3) is 0.649. The summed E-state index contributed by atoms with van der Waals surface area (Å²) in [6.45, 7) is 13.9. The van der Waals surface area contributed by atoms with E-state index in [4.69, 9.17) is 25.1 Å². The molecule has 0 aliphatic carbocycles. The van der Waals surface area contributed by atoms with Gasteiger partial charge in [-0.1, -0.05) is 101 Å². The summed E-state index contributed by atoms with van der Waals surface area (Å²) < 4.78 is 15.3. The summed E-state index contributed by atoms with van der Waals surface area (Å²) in [7, 11) is 1.66. The molecule has 418 valence electrons. The number of nitrogens with two attached hydrogens (primary N) is 1. The van der Waals surface area contributed by atoms with E-state index in [0.29, 0.717) is 65.2 Å². The van der Waals surface area contributed by atoms with Gasteiger partial charge in [0.1, 0.15) is 5.78 Å². The van der Waals surface area contributed by atoms with Gasteiger partial charge in [-0.2, -0.15) is 0 Å². The largest absolute Gasteiger partial charge is 0.396 e. The highest BCUT2D eigenvalue weighted by molar-refractivity contribution is 5.94. The number of ether oxygens (including phenoxy) is 3. The number of methoxy groups -OCH3 is 1. The number of nitrogens with one attached hydrogen (secondary N) is 4. The molecule has 0 bridgehead atoms. The van der Waals surface area contributed by atoms with Crippen molar-refractivity contribution in [1.29, 1.82) is 0 Å². The summed E-state index contributed by atoms with van der Waals surface area (Å²) in [5.41, 5.74) is 7.13. The van der Waals surface area contributed by atoms with Crippen molar-refractivity contribution in [2.24, 2.45) is 23.5 Å². The Bertz CT molecular complexity index is 1830. The second kappa shape index (κ2) is 46.3. The lowest BCUT2D eigenvalue weighted by Gasteiger charge is -2.23. The molecule has 17 nitrogen and oxygen atoms in total. The maximum Gasteiger partial charge on any atom is 0.224 e. The molecule has 7 N–H and O–H groups in total. The zero-order chi connectivity index (χ0) is 55.2. The standard InChI is InChI=1S/C28H43N3O5.C23H35NO5.C6H15NO2/c1-5-7-15-29-27(35)14-13-25(33)24(16-20(3)4)31-28(36)22(17-21-11-9-8-10-12-21)18-23(32)19-30-26(34)6-2;1-19(26)16-21(17-20-10-4-2-5-11-20)23(28)24-18-22(27)12-6-3-8-14-29-15-9-7-13-25;1-8-5-6-9-4-2-3-7/h8-12,20,22,24H,5-7,13-19H2,1-4H3,(H,29,35)(H,30,34)(H,31,36);2,4-5,10-11,21,25H,3,6-9,12-18H2,1H3,(H,24,28);2-7H2,1H3. The number of amides is 4. The molecule has 2 rings (SSSR count). The van der Waals surface area contributed by atoms with Crippen molar-refractivity contribution < 1.29 is 57.7 Å². The Morgan fingerprint density at radius 3 is 1.74 bits per heavy atom. The van der Waals surface area contributed by atoms with Crippen LogP contribution in [0.2, 0.25) is 0 Å². The SMILES string of the molecule is CC(=O)CC(Cc1ccccc1)C(=O)NCC(=O)CCCCCOCCCCO.CCCCNC(=O)CCC(=O)C(CC(C)C)NC(=O)C(CC(=O)CNC(=O)CC)Cc1ccccc1.COCCOCCCN. The fourth-order valence-electron chi connectivity index (χ4n) is 7.23. The van der Waals surface area contributed by atoms with Gasteiger partial charge in [-0.25, -0.2) is 0 Å². The van der Waals surface area contributed by atoms with Crippen molar-refractivity contribution in [3.63, 3.8) is 0 Å². The van der Waals surface area contributed by atoms with E-state index in [-0.39, 0.29) is 104 Å².